The van der Waals surface area contributed by atoms with E-state index >= 15 is 0 Å². The van der Waals surface area contributed by atoms with Crippen molar-refractivity contribution in [2.24, 2.45) is 0 Å². The van der Waals surface area contributed by atoms with Crippen LogP contribution in [0.5, 0.6) is 5.75 Å². The van der Waals surface area contributed by atoms with Gasteiger partial charge in [-0.2, -0.15) is 0 Å². The highest BCUT2D eigenvalue weighted by atomic mass is 35.5. The normalized spacial score (nSPS) is 13.5. The SMILES string of the molecule is Cc1cc(C)c(C)c(OC(=O)c2ccc(NC3=C(Cl)C(=O)N(c4cc(Cl)cc(Cl)c4)C3=O)cc2)c1. The molecule has 0 atom stereocenters. The van der Waals surface area contributed by atoms with Crippen LogP contribution in [0.2, 0.25) is 10.0 Å². The zero-order valence-electron chi connectivity index (χ0n) is 18.9. The first kappa shape index (κ1) is 24.8. The van der Waals surface area contributed by atoms with Gasteiger partial charge in [0.15, 0.2) is 0 Å². The summed E-state index contributed by atoms with van der Waals surface area (Å²) in [5.41, 5.74) is 3.77. The van der Waals surface area contributed by atoms with E-state index in [0.717, 1.165) is 21.6 Å². The minimum atomic E-state index is -0.707. The molecule has 9 heteroatoms. The van der Waals surface area contributed by atoms with Crippen LogP contribution < -0.4 is 15.0 Å². The van der Waals surface area contributed by atoms with Crippen LogP contribution in [-0.2, 0) is 9.59 Å². The number of ether oxygens (including phenoxy) is 1. The fourth-order valence-corrected chi connectivity index (χ4v) is 4.34. The van der Waals surface area contributed by atoms with Crippen LogP contribution in [0.4, 0.5) is 11.4 Å². The maximum absolute atomic E-state index is 13.0. The molecule has 178 valence electrons. The molecule has 0 fully saturated rings. The molecule has 35 heavy (non-hydrogen) atoms. The Labute approximate surface area is 217 Å². The number of halogens is 3. The van der Waals surface area contributed by atoms with Crippen molar-refractivity contribution in [3.8, 4) is 5.75 Å². The molecule has 1 aliphatic rings. The van der Waals surface area contributed by atoms with Crippen molar-refractivity contribution in [2.75, 3.05) is 10.2 Å². The van der Waals surface area contributed by atoms with Gasteiger partial charge >= 0.3 is 5.97 Å². The van der Waals surface area contributed by atoms with Crippen molar-refractivity contribution >= 4 is 64.0 Å². The standard InChI is InChI=1S/C26H19Cl3N2O4/c1-13-8-14(2)15(3)21(9-13)35-26(34)16-4-6-19(7-5-16)30-23-22(29)24(32)31(25(23)33)20-11-17(27)10-18(28)12-20/h4-12,30H,1-3H3. The number of rotatable bonds is 5. The van der Waals surface area contributed by atoms with Gasteiger partial charge in [0.25, 0.3) is 11.8 Å². The van der Waals surface area contributed by atoms with E-state index in [0.29, 0.717) is 17.0 Å². The van der Waals surface area contributed by atoms with E-state index < -0.39 is 17.8 Å². The third-order valence-corrected chi connectivity index (χ3v) is 6.28. The number of nitrogens with one attached hydrogen (secondary N) is 1. The average molecular weight is 530 g/mol. The number of nitrogens with zero attached hydrogens (tertiary/aromatic N) is 1. The van der Waals surface area contributed by atoms with Gasteiger partial charge in [0.1, 0.15) is 16.5 Å². The number of hydrogen-bond donors (Lipinski definition) is 1. The molecule has 0 saturated heterocycles. The zero-order chi connectivity index (χ0) is 25.4. The molecule has 0 saturated carbocycles. The maximum atomic E-state index is 13.0. The van der Waals surface area contributed by atoms with Gasteiger partial charge in [-0.25, -0.2) is 9.69 Å². The molecule has 2 amide bonds. The number of carbonyl (C=O) groups excluding carboxylic acids is 3. The Morgan fingerprint density at radius 2 is 1.49 bits per heavy atom. The molecule has 0 spiro atoms. The second-order valence-electron chi connectivity index (χ2n) is 8.06. The summed E-state index contributed by atoms with van der Waals surface area (Å²) < 4.78 is 5.58. The lowest BCUT2D eigenvalue weighted by Crippen LogP contribution is -2.32. The fraction of sp³-hybridized carbons (Fsp3) is 0.115. The molecular weight excluding hydrogens is 511 g/mol. The number of aryl methyl sites for hydroxylation is 2. The second-order valence-corrected chi connectivity index (χ2v) is 9.31. The van der Waals surface area contributed by atoms with Gasteiger partial charge in [-0.05, 0) is 86.0 Å². The molecule has 0 radical (unpaired) electrons. The first-order valence-electron chi connectivity index (χ1n) is 10.5. The second kappa shape index (κ2) is 9.74. The van der Waals surface area contributed by atoms with E-state index in [2.05, 4.69) is 5.32 Å². The van der Waals surface area contributed by atoms with Crippen LogP contribution in [0.3, 0.4) is 0 Å². The van der Waals surface area contributed by atoms with E-state index in [9.17, 15) is 14.4 Å². The van der Waals surface area contributed by atoms with Crippen LogP contribution in [-0.4, -0.2) is 17.8 Å². The van der Waals surface area contributed by atoms with Crippen LogP contribution in [0.1, 0.15) is 27.0 Å². The molecule has 0 unspecified atom stereocenters. The van der Waals surface area contributed by atoms with Crippen molar-refractivity contribution in [3.05, 3.63) is 97.6 Å². The third-order valence-electron chi connectivity index (χ3n) is 5.49. The van der Waals surface area contributed by atoms with Crippen molar-refractivity contribution in [1.82, 2.24) is 0 Å². The first-order chi connectivity index (χ1) is 16.5. The first-order valence-corrected chi connectivity index (χ1v) is 11.6. The number of amides is 2. The van der Waals surface area contributed by atoms with Gasteiger partial charge in [-0.1, -0.05) is 40.9 Å². The predicted molar refractivity (Wildman–Crippen MR) is 138 cm³/mol. The molecule has 0 bridgehead atoms. The fourth-order valence-electron chi connectivity index (χ4n) is 3.61. The highest BCUT2D eigenvalue weighted by molar-refractivity contribution is 6.53. The lowest BCUT2D eigenvalue weighted by atomic mass is 10.1. The quantitative estimate of drug-likeness (QED) is 0.230. The summed E-state index contributed by atoms with van der Waals surface area (Å²) in [6.45, 7) is 5.78. The molecule has 3 aromatic rings. The van der Waals surface area contributed by atoms with Crippen LogP contribution in [0.25, 0.3) is 0 Å². The Bertz CT molecular complexity index is 1390. The number of esters is 1. The van der Waals surface area contributed by atoms with Crippen molar-refractivity contribution < 1.29 is 19.1 Å². The number of benzene rings is 3. The van der Waals surface area contributed by atoms with Gasteiger partial charge in [0.05, 0.1) is 11.3 Å². The highest BCUT2D eigenvalue weighted by Gasteiger charge is 2.39. The molecule has 0 aliphatic carbocycles. The van der Waals surface area contributed by atoms with Crippen molar-refractivity contribution in [1.29, 1.82) is 0 Å². The number of hydrogen-bond acceptors (Lipinski definition) is 5. The molecule has 4 rings (SSSR count). The Hall–Kier alpha value is -3.32. The molecule has 6 nitrogen and oxygen atoms in total. The van der Waals surface area contributed by atoms with Gasteiger partial charge in [-0.15, -0.1) is 0 Å². The summed E-state index contributed by atoms with van der Waals surface area (Å²) in [5.74, 6) is -1.38. The van der Waals surface area contributed by atoms with Crippen LogP contribution in [0.15, 0.2) is 65.3 Å². The topological polar surface area (TPSA) is 75.7 Å². The largest absolute Gasteiger partial charge is 0.423 e. The Balaban J connectivity index is 1.51. The van der Waals surface area contributed by atoms with Crippen LogP contribution in [0, 0.1) is 20.8 Å². The minimum absolute atomic E-state index is 0.103. The van der Waals surface area contributed by atoms with E-state index in [4.69, 9.17) is 39.5 Å². The van der Waals surface area contributed by atoms with Crippen molar-refractivity contribution in [3.63, 3.8) is 0 Å². The molecular formula is C26H19Cl3N2O4. The number of anilines is 2. The molecule has 0 aromatic heterocycles. The Morgan fingerprint density at radius 1 is 0.857 bits per heavy atom. The van der Waals surface area contributed by atoms with E-state index in [1.807, 2.05) is 32.9 Å². The number of imide groups is 1. The van der Waals surface area contributed by atoms with Gasteiger partial charge in [0, 0.05) is 15.7 Å². The smallest absolute Gasteiger partial charge is 0.343 e. The summed E-state index contributed by atoms with van der Waals surface area (Å²) in [7, 11) is 0. The van der Waals surface area contributed by atoms with Gasteiger partial charge < -0.3 is 10.1 Å². The Morgan fingerprint density at radius 3 is 2.11 bits per heavy atom. The molecule has 1 N–H and O–H groups in total. The lowest BCUT2D eigenvalue weighted by molar-refractivity contribution is -0.120. The summed E-state index contributed by atoms with van der Waals surface area (Å²) >= 11 is 18.2. The minimum Gasteiger partial charge on any atom is -0.423 e. The zero-order valence-corrected chi connectivity index (χ0v) is 21.2. The monoisotopic (exact) mass is 528 g/mol. The van der Waals surface area contributed by atoms with Crippen molar-refractivity contribution in [2.45, 2.75) is 20.8 Å². The van der Waals surface area contributed by atoms with E-state index in [1.165, 1.54) is 18.2 Å². The highest BCUT2D eigenvalue weighted by Crippen LogP contribution is 2.33. The maximum Gasteiger partial charge on any atom is 0.343 e. The number of carbonyl (C=O) groups is 3. The third kappa shape index (κ3) is 5.05. The molecule has 1 heterocycles. The lowest BCUT2D eigenvalue weighted by Gasteiger charge is -2.16. The van der Waals surface area contributed by atoms with E-state index in [1.54, 1.807) is 24.3 Å². The summed E-state index contributed by atoms with van der Waals surface area (Å²) in [4.78, 5) is 39.2. The molecule has 3 aromatic carbocycles. The summed E-state index contributed by atoms with van der Waals surface area (Å²) in [6, 6.07) is 14.5. The summed E-state index contributed by atoms with van der Waals surface area (Å²) in [6.07, 6.45) is 0. The average Bonchev–Trinajstić information content (AvgIpc) is 3.00. The summed E-state index contributed by atoms with van der Waals surface area (Å²) in [5, 5.41) is 3.11. The van der Waals surface area contributed by atoms with Gasteiger partial charge in [-0.3, -0.25) is 9.59 Å². The van der Waals surface area contributed by atoms with Gasteiger partial charge in [0.2, 0.25) is 0 Å². The molecule has 1 aliphatic heterocycles. The predicted octanol–water partition coefficient (Wildman–Crippen LogP) is 6.57. The Kier molecular flexibility index (Phi) is 6.90. The van der Waals surface area contributed by atoms with E-state index in [-0.39, 0.29) is 26.5 Å². The van der Waals surface area contributed by atoms with Crippen LogP contribution >= 0.6 is 34.8 Å².